The van der Waals surface area contributed by atoms with Crippen molar-refractivity contribution in [2.75, 3.05) is 18.9 Å². The number of nitrogen functional groups attached to an aromatic ring is 1. The first-order valence-electron chi connectivity index (χ1n) is 7.46. The van der Waals surface area contributed by atoms with Gasteiger partial charge in [-0.25, -0.2) is 0 Å². The van der Waals surface area contributed by atoms with Gasteiger partial charge in [0.2, 0.25) is 5.91 Å². The highest BCUT2D eigenvalue weighted by molar-refractivity contribution is 5.85. The second kappa shape index (κ2) is 8.90. The van der Waals surface area contributed by atoms with Gasteiger partial charge in [0.1, 0.15) is 0 Å². The number of benzene rings is 1. The number of hydrogen-bond donors (Lipinski definition) is 2. The van der Waals surface area contributed by atoms with Crippen LogP contribution in [0, 0.1) is 0 Å². The largest absolute Gasteiger partial charge is 0.399 e. The molecule has 1 aromatic rings. The van der Waals surface area contributed by atoms with Crippen LogP contribution in [0.4, 0.5) is 5.69 Å². The van der Waals surface area contributed by atoms with Crippen LogP contribution < -0.4 is 11.1 Å². The van der Waals surface area contributed by atoms with E-state index in [1.54, 1.807) is 0 Å². The molecule has 0 saturated heterocycles. The molecule has 0 aliphatic heterocycles. The minimum absolute atomic E-state index is 0. The number of nitrogens with two attached hydrogens (primary N) is 1. The van der Waals surface area contributed by atoms with Crippen molar-refractivity contribution in [3.63, 3.8) is 0 Å². The Morgan fingerprint density at radius 3 is 3.05 bits per heavy atom. The second-order valence-corrected chi connectivity index (χ2v) is 5.27. The molecule has 0 radical (unpaired) electrons. The van der Waals surface area contributed by atoms with Crippen molar-refractivity contribution in [3.8, 4) is 0 Å². The Hall–Kier alpha value is -1.26. The van der Waals surface area contributed by atoms with Crippen molar-refractivity contribution >= 4 is 24.0 Å². The smallest absolute Gasteiger partial charge is 0.220 e. The van der Waals surface area contributed by atoms with E-state index in [2.05, 4.69) is 11.4 Å². The fourth-order valence-corrected chi connectivity index (χ4v) is 2.73. The summed E-state index contributed by atoms with van der Waals surface area (Å²) in [5.41, 5.74) is 9.12. The highest BCUT2D eigenvalue weighted by Crippen LogP contribution is 2.30. The average Bonchev–Trinajstić information content (AvgIpc) is 2.43. The molecule has 1 unspecified atom stereocenters. The van der Waals surface area contributed by atoms with Crippen LogP contribution in [0.1, 0.15) is 49.8 Å². The Morgan fingerprint density at radius 1 is 1.48 bits per heavy atom. The Labute approximate surface area is 132 Å². The molecule has 1 aliphatic carbocycles. The first-order chi connectivity index (χ1) is 9.70. The van der Waals surface area contributed by atoms with Gasteiger partial charge < -0.3 is 15.8 Å². The number of ether oxygens (including phenoxy) is 1. The number of aryl methyl sites for hydroxylation is 1. The zero-order valence-electron chi connectivity index (χ0n) is 12.6. The predicted molar refractivity (Wildman–Crippen MR) is 87.7 cm³/mol. The summed E-state index contributed by atoms with van der Waals surface area (Å²) < 4.78 is 5.25. The summed E-state index contributed by atoms with van der Waals surface area (Å²) in [6.07, 6.45) is 4.47. The SMILES string of the molecule is CCOCCCC(=O)NC1CCCc2cc(N)ccc21.Cl. The van der Waals surface area contributed by atoms with Crippen LogP contribution in [-0.2, 0) is 16.0 Å². The van der Waals surface area contributed by atoms with Gasteiger partial charge in [0.15, 0.2) is 0 Å². The Bertz CT molecular complexity index is 466. The molecule has 5 heteroatoms. The van der Waals surface area contributed by atoms with Crippen LogP contribution in [0.2, 0.25) is 0 Å². The number of fused-ring (bicyclic) bond motifs is 1. The number of rotatable bonds is 6. The van der Waals surface area contributed by atoms with Gasteiger partial charge in [0.25, 0.3) is 0 Å². The average molecular weight is 313 g/mol. The maximum absolute atomic E-state index is 12.0. The normalized spacial score (nSPS) is 16.7. The predicted octanol–water partition coefficient (Wildman–Crippen LogP) is 3.00. The number of nitrogens with one attached hydrogen (secondary N) is 1. The van der Waals surface area contributed by atoms with E-state index in [0.29, 0.717) is 19.6 Å². The van der Waals surface area contributed by atoms with Crippen molar-refractivity contribution in [1.29, 1.82) is 0 Å². The van der Waals surface area contributed by atoms with Crippen molar-refractivity contribution in [2.45, 2.75) is 45.1 Å². The van der Waals surface area contributed by atoms with Gasteiger partial charge in [0.05, 0.1) is 6.04 Å². The highest BCUT2D eigenvalue weighted by atomic mass is 35.5. The molecule has 21 heavy (non-hydrogen) atoms. The molecule has 0 fully saturated rings. The first-order valence-corrected chi connectivity index (χ1v) is 7.46. The zero-order valence-corrected chi connectivity index (χ0v) is 13.4. The van der Waals surface area contributed by atoms with E-state index in [0.717, 1.165) is 31.4 Å². The van der Waals surface area contributed by atoms with Crippen molar-refractivity contribution in [1.82, 2.24) is 5.32 Å². The van der Waals surface area contributed by atoms with Crippen LogP contribution in [-0.4, -0.2) is 19.1 Å². The first kappa shape index (κ1) is 17.8. The van der Waals surface area contributed by atoms with Crippen LogP contribution in [0.15, 0.2) is 18.2 Å². The van der Waals surface area contributed by atoms with Crippen molar-refractivity contribution in [3.05, 3.63) is 29.3 Å². The third kappa shape index (κ3) is 5.21. The molecule has 0 bridgehead atoms. The highest BCUT2D eigenvalue weighted by Gasteiger charge is 2.21. The summed E-state index contributed by atoms with van der Waals surface area (Å²) in [5, 5.41) is 3.14. The maximum Gasteiger partial charge on any atom is 0.220 e. The summed E-state index contributed by atoms with van der Waals surface area (Å²) in [6, 6.07) is 6.13. The quantitative estimate of drug-likeness (QED) is 0.627. The third-order valence-electron chi connectivity index (χ3n) is 3.71. The standard InChI is InChI=1S/C16H24N2O2.ClH/c1-2-20-10-4-7-16(19)18-15-6-3-5-12-11-13(17)8-9-14(12)15;/h8-9,11,15H,2-7,10,17H2,1H3,(H,18,19);1H. The number of anilines is 1. The summed E-state index contributed by atoms with van der Waals surface area (Å²) >= 11 is 0. The van der Waals surface area contributed by atoms with Gasteiger partial charge in [-0.1, -0.05) is 6.07 Å². The van der Waals surface area contributed by atoms with Crippen LogP contribution in [0.3, 0.4) is 0 Å². The molecule has 1 aliphatic rings. The maximum atomic E-state index is 12.0. The number of amides is 1. The van der Waals surface area contributed by atoms with Crippen LogP contribution in [0.25, 0.3) is 0 Å². The Kier molecular flexibility index (Phi) is 7.54. The van der Waals surface area contributed by atoms with Gasteiger partial charge in [-0.15, -0.1) is 12.4 Å². The summed E-state index contributed by atoms with van der Waals surface area (Å²) in [5.74, 6) is 0.111. The molecular formula is C16H25ClN2O2. The Balaban J connectivity index is 0.00000220. The van der Waals surface area contributed by atoms with Crippen molar-refractivity contribution in [2.24, 2.45) is 0 Å². The van der Waals surface area contributed by atoms with Gasteiger partial charge in [0, 0.05) is 25.3 Å². The molecule has 0 heterocycles. The van der Waals surface area contributed by atoms with Crippen molar-refractivity contribution < 1.29 is 9.53 Å². The zero-order chi connectivity index (χ0) is 14.4. The fourth-order valence-electron chi connectivity index (χ4n) is 2.73. The Morgan fingerprint density at radius 2 is 2.29 bits per heavy atom. The van der Waals surface area contributed by atoms with Crippen LogP contribution in [0.5, 0.6) is 0 Å². The third-order valence-corrected chi connectivity index (χ3v) is 3.71. The lowest BCUT2D eigenvalue weighted by Gasteiger charge is -2.26. The van der Waals surface area contributed by atoms with E-state index in [-0.39, 0.29) is 24.4 Å². The lowest BCUT2D eigenvalue weighted by atomic mass is 9.87. The fraction of sp³-hybridized carbons (Fsp3) is 0.562. The van der Waals surface area contributed by atoms with Gasteiger partial charge in [-0.3, -0.25) is 4.79 Å². The molecule has 1 atom stereocenters. The van der Waals surface area contributed by atoms with E-state index in [4.69, 9.17) is 10.5 Å². The van der Waals surface area contributed by atoms with E-state index in [1.165, 1.54) is 11.1 Å². The minimum Gasteiger partial charge on any atom is -0.399 e. The molecule has 3 N–H and O–H groups in total. The van der Waals surface area contributed by atoms with E-state index < -0.39 is 0 Å². The second-order valence-electron chi connectivity index (χ2n) is 5.27. The molecule has 1 amide bonds. The summed E-state index contributed by atoms with van der Waals surface area (Å²) in [7, 11) is 0. The molecule has 0 spiro atoms. The molecule has 2 rings (SSSR count). The minimum atomic E-state index is 0. The van der Waals surface area contributed by atoms with E-state index >= 15 is 0 Å². The van der Waals surface area contributed by atoms with E-state index in [1.807, 2.05) is 19.1 Å². The van der Waals surface area contributed by atoms with Gasteiger partial charge in [-0.05, 0) is 55.9 Å². The van der Waals surface area contributed by atoms with E-state index in [9.17, 15) is 4.79 Å². The van der Waals surface area contributed by atoms with Crippen LogP contribution >= 0.6 is 12.4 Å². The molecule has 118 valence electrons. The molecule has 4 nitrogen and oxygen atoms in total. The number of carbonyl (C=O) groups excluding carboxylic acids is 1. The lowest BCUT2D eigenvalue weighted by Crippen LogP contribution is -2.31. The number of halogens is 1. The number of carbonyl (C=O) groups is 1. The molecule has 0 aromatic heterocycles. The molecule has 0 saturated carbocycles. The topological polar surface area (TPSA) is 64.3 Å². The summed E-state index contributed by atoms with van der Waals surface area (Å²) in [6.45, 7) is 3.32. The van der Waals surface area contributed by atoms with Gasteiger partial charge >= 0.3 is 0 Å². The monoisotopic (exact) mass is 312 g/mol. The molecule has 1 aromatic carbocycles. The lowest BCUT2D eigenvalue weighted by molar-refractivity contribution is -0.122. The number of hydrogen-bond acceptors (Lipinski definition) is 3. The molecular weight excluding hydrogens is 288 g/mol. The summed E-state index contributed by atoms with van der Waals surface area (Å²) in [4.78, 5) is 12.0. The van der Waals surface area contributed by atoms with Gasteiger partial charge in [-0.2, -0.15) is 0 Å².